The second-order valence-electron chi connectivity index (χ2n) is 9.02. The number of rotatable bonds is 7. The first-order valence-corrected chi connectivity index (χ1v) is 11.8. The number of hydrogen-bond donors (Lipinski definition) is 1. The Morgan fingerprint density at radius 3 is 2.77 bits per heavy atom. The molecule has 0 aliphatic carbocycles. The van der Waals surface area contributed by atoms with Crippen molar-refractivity contribution in [2.24, 2.45) is 0 Å². The molecule has 1 N–H and O–H groups in total. The van der Waals surface area contributed by atoms with Crippen LogP contribution in [0.2, 0.25) is 0 Å². The molecule has 0 bridgehead atoms. The predicted octanol–water partition coefficient (Wildman–Crippen LogP) is 3.59. The summed E-state index contributed by atoms with van der Waals surface area (Å²) in [5.41, 5.74) is 0.214. The smallest absolute Gasteiger partial charge is 0.270 e. The van der Waals surface area contributed by atoms with Gasteiger partial charge in [-0.05, 0) is 81.6 Å². The molecule has 0 radical (unpaired) electrons. The van der Waals surface area contributed by atoms with Crippen molar-refractivity contribution in [1.82, 2.24) is 10.2 Å². The quantitative estimate of drug-likeness (QED) is 0.585. The van der Waals surface area contributed by atoms with Crippen LogP contribution in [-0.2, 0) is 9.53 Å². The van der Waals surface area contributed by atoms with Crippen LogP contribution < -0.4 is 15.0 Å². The maximum atomic E-state index is 13.7. The first-order chi connectivity index (χ1) is 14.7. The van der Waals surface area contributed by atoms with Gasteiger partial charge in [-0.1, -0.05) is 0 Å². The molecule has 7 nitrogen and oxygen atoms in total. The van der Waals surface area contributed by atoms with Crippen LogP contribution in [0.4, 0.5) is 5.69 Å². The first-order valence-electron chi connectivity index (χ1n) is 11.0. The fourth-order valence-electron chi connectivity index (χ4n) is 4.37. The number of carbonyl (C=O) groups is 2. The number of ether oxygens (including phenoxy) is 2. The topological polar surface area (TPSA) is 71.1 Å². The Hall–Kier alpha value is -1.64. The predicted molar refractivity (Wildman–Crippen MR) is 125 cm³/mol. The normalized spacial score (nSPS) is 20.4. The summed E-state index contributed by atoms with van der Waals surface area (Å²) in [6.07, 6.45) is 2.73. The Morgan fingerprint density at radius 2 is 2.16 bits per heavy atom. The zero-order valence-corrected chi connectivity index (χ0v) is 20.8. The summed E-state index contributed by atoms with van der Waals surface area (Å²) < 4.78 is 11.9. The zero-order chi connectivity index (χ0) is 22.8. The molecule has 2 aliphatic rings. The molecule has 0 aromatic heterocycles. The second kappa shape index (κ2) is 9.88. The van der Waals surface area contributed by atoms with Crippen LogP contribution in [0.1, 0.15) is 57.3 Å². The molecule has 2 heterocycles. The number of benzene rings is 1. The zero-order valence-electron chi connectivity index (χ0n) is 19.2. The minimum atomic E-state index is -0.969. The molecule has 8 heteroatoms. The van der Waals surface area contributed by atoms with E-state index in [0.29, 0.717) is 41.0 Å². The van der Waals surface area contributed by atoms with Gasteiger partial charge < -0.3 is 24.6 Å². The van der Waals surface area contributed by atoms with E-state index in [9.17, 15) is 9.59 Å². The van der Waals surface area contributed by atoms with Crippen molar-refractivity contribution < 1.29 is 19.1 Å². The molecule has 172 valence electrons. The highest BCUT2D eigenvalue weighted by atomic mass is 79.9. The molecule has 1 aromatic rings. The average Bonchev–Trinajstić information content (AvgIpc) is 2.71. The van der Waals surface area contributed by atoms with E-state index < -0.39 is 5.60 Å². The van der Waals surface area contributed by atoms with Crippen molar-refractivity contribution in [2.45, 2.75) is 64.6 Å². The lowest BCUT2D eigenvalue weighted by Gasteiger charge is -2.40. The fourth-order valence-corrected chi connectivity index (χ4v) is 4.87. The molecule has 3 rings (SSSR count). The molecule has 1 saturated heterocycles. The molecule has 1 fully saturated rings. The summed E-state index contributed by atoms with van der Waals surface area (Å²) in [7, 11) is 1.65. The minimum Gasteiger partial charge on any atom is -0.476 e. The van der Waals surface area contributed by atoms with E-state index in [2.05, 4.69) is 21.2 Å². The summed E-state index contributed by atoms with van der Waals surface area (Å²) >= 11 is 3.59. The molecule has 0 unspecified atom stereocenters. The van der Waals surface area contributed by atoms with Gasteiger partial charge in [0.15, 0.2) is 5.60 Å². The number of nitrogens with zero attached hydrogens (tertiary/aromatic N) is 2. The van der Waals surface area contributed by atoms with Gasteiger partial charge in [0.1, 0.15) is 5.75 Å². The molecule has 0 saturated carbocycles. The van der Waals surface area contributed by atoms with E-state index in [0.717, 1.165) is 25.9 Å². The molecular formula is C23H34BrN3O4. The van der Waals surface area contributed by atoms with Gasteiger partial charge in [-0.3, -0.25) is 9.59 Å². The molecule has 2 aliphatic heterocycles. The fraction of sp³-hybridized carbons (Fsp3) is 0.652. The SMILES string of the molecule is COCCCN1C(=O)C(C)(C)Oc2cc(Br)c(C(=O)N(C(C)C)[C@@H]3CCCNC3)cc21. The Labute approximate surface area is 193 Å². The number of amides is 2. The number of fused-ring (bicyclic) bond motifs is 1. The van der Waals surface area contributed by atoms with Crippen molar-refractivity contribution in [1.29, 1.82) is 0 Å². The maximum absolute atomic E-state index is 13.7. The van der Waals surface area contributed by atoms with Crippen LogP contribution in [-0.4, -0.2) is 67.7 Å². The minimum absolute atomic E-state index is 0.0347. The summed E-state index contributed by atoms with van der Waals surface area (Å²) in [6.45, 7) is 10.5. The highest BCUT2D eigenvalue weighted by Gasteiger charge is 2.41. The monoisotopic (exact) mass is 495 g/mol. The van der Waals surface area contributed by atoms with E-state index in [-0.39, 0.29) is 23.9 Å². The highest BCUT2D eigenvalue weighted by molar-refractivity contribution is 9.10. The van der Waals surface area contributed by atoms with Gasteiger partial charge >= 0.3 is 0 Å². The van der Waals surface area contributed by atoms with Crippen LogP contribution in [0, 0.1) is 0 Å². The average molecular weight is 496 g/mol. The van der Waals surface area contributed by atoms with E-state index in [1.165, 1.54) is 0 Å². The number of piperidine rings is 1. The van der Waals surface area contributed by atoms with Crippen LogP contribution in [0.5, 0.6) is 5.75 Å². The van der Waals surface area contributed by atoms with Crippen molar-refractivity contribution >= 4 is 33.4 Å². The van der Waals surface area contributed by atoms with Gasteiger partial charge in [0, 0.05) is 43.4 Å². The van der Waals surface area contributed by atoms with E-state index in [1.807, 2.05) is 24.8 Å². The van der Waals surface area contributed by atoms with Gasteiger partial charge in [0.2, 0.25) is 0 Å². The molecule has 1 aromatic carbocycles. The molecule has 0 spiro atoms. The summed E-state index contributed by atoms with van der Waals surface area (Å²) in [5, 5.41) is 3.40. The van der Waals surface area contributed by atoms with Crippen molar-refractivity contribution in [3.8, 4) is 5.75 Å². The second-order valence-corrected chi connectivity index (χ2v) is 9.88. The lowest BCUT2D eigenvalue weighted by Crippen LogP contribution is -2.53. The third kappa shape index (κ3) is 5.07. The van der Waals surface area contributed by atoms with Gasteiger partial charge in [-0.15, -0.1) is 0 Å². The van der Waals surface area contributed by atoms with E-state index >= 15 is 0 Å². The standard InChI is InChI=1S/C23H34BrN3O4/c1-15(2)27(16-8-6-9-25-14-16)21(28)17-12-19-20(13-18(17)24)31-23(3,4)22(29)26(19)10-7-11-30-5/h12-13,15-16,25H,6-11,14H2,1-5H3/t16-/m1/s1. The lowest BCUT2D eigenvalue weighted by atomic mass is 10.00. The number of anilines is 1. The Bertz CT molecular complexity index is 821. The Kier molecular flexibility index (Phi) is 7.65. The van der Waals surface area contributed by atoms with Gasteiger partial charge in [-0.2, -0.15) is 0 Å². The van der Waals surface area contributed by atoms with Crippen molar-refractivity contribution in [2.75, 3.05) is 38.3 Å². The first kappa shape index (κ1) is 24.0. The van der Waals surface area contributed by atoms with Crippen molar-refractivity contribution in [3.63, 3.8) is 0 Å². The number of nitrogens with one attached hydrogen (secondary N) is 1. The van der Waals surface area contributed by atoms with E-state index in [4.69, 9.17) is 9.47 Å². The third-order valence-corrected chi connectivity index (χ3v) is 6.54. The van der Waals surface area contributed by atoms with Crippen LogP contribution >= 0.6 is 15.9 Å². The Balaban J connectivity index is 1.99. The van der Waals surface area contributed by atoms with Gasteiger partial charge in [0.05, 0.1) is 11.3 Å². The van der Waals surface area contributed by atoms with Crippen LogP contribution in [0.3, 0.4) is 0 Å². The van der Waals surface area contributed by atoms with Crippen LogP contribution in [0.15, 0.2) is 16.6 Å². The largest absolute Gasteiger partial charge is 0.476 e. The third-order valence-electron chi connectivity index (χ3n) is 5.88. The number of hydrogen-bond acceptors (Lipinski definition) is 5. The summed E-state index contributed by atoms with van der Waals surface area (Å²) in [5.74, 6) is 0.447. The molecular weight excluding hydrogens is 462 g/mol. The number of halogens is 1. The van der Waals surface area contributed by atoms with Gasteiger partial charge in [0.25, 0.3) is 11.8 Å². The summed E-state index contributed by atoms with van der Waals surface area (Å²) in [4.78, 5) is 30.5. The van der Waals surface area contributed by atoms with Crippen molar-refractivity contribution in [3.05, 3.63) is 22.2 Å². The lowest BCUT2D eigenvalue weighted by molar-refractivity contribution is -0.132. The summed E-state index contributed by atoms with van der Waals surface area (Å²) in [6, 6.07) is 3.83. The highest BCUT2D eigenvalue weighted by Crippen LogP contribution is 2.41. The number of methoxy groups -OCH3 is 1. The van der Waals surface area contributed by atoms with Crippen LogP contribution in [0.25, 0.3) is 0 Å². The van der Waals surface area contributed by atoms with E-state index in [1.54, 1.807) is 31.9 Å². The maximum Gasteiger partial charge on any atom is 0.270 e. The molecule has 2 amide bonds. The molecule has 1 atom stereocenters. The Morgan fingerprint density at radius 1 is 1.42 bits per heavy atom. The number of carbonyl (C=O) groups excluding carboxylic acids is 2. The molecule has 31 heavy (non-hydrogen) atoms. The van der Waals surface area contributed by atoms with Gasteiger partial charge in [-0.25, -0.2) is 0 Å².